The van der Waals surface area contributed by atoms with E-state index >= 15 is 0 Å². The average Bonchev–Trinajstić information content (AvgIpc) is 3.22. The van der Waals surface area contributed by atoms with E-state index in [0.717, 1.165) is 72.3 Å². The molecule has 4 nitrogen and oxygen atoms in total. The molecule has 53 heavy (non-hydrogen) atoms. The first kappa shape index (κ1) is 35.3. The molecule has 0 bridgehead atoms. The molecule has 0 saturated carbocycles. The van der Waals surface area contributed by atoms with Crippen molar-refractivity contribution in [3.8, 4) is 55.9 Å². The van der Waals surface area contributed by atoms with Crippen LogP contribution in [0.5, 0.6) is 0 Å². The standard InChI is InChI=1S/C31H22N3.C17H12N.Ir/c1-20-11-13-24(29-10-3-4-15-32-29)18-27(20)22-7-5-8-23(17-22)28-19-30-25(9-6-16-33-30)26-14-12-21(2)34-31(26)28;1-2-8-14(9-3-1)15-10-4-5-11-16(15)17-12-6-7-13-18-17;/h3-12,14-19H,1-2H3;1-10,12-13H;/q2*-1;. The van der Waals surface area contributed by atoms with Crippen LogP contribution in [0.2, 0.25) is 0 Å². The smallest absolute Gasteiger partial charge is 0.0791 e. The number of pyridine rings is 4. The van der Waals surface area contributed by atoms with Crippen LogP contribution in [0.4, 0.5) is 0 Å². The number of fused-ring (bicyclic) bond motifs is 3. The van der Waals surface area contributed by atoms with E-state index in [1.54, 1.807) is 0 Å². The van der Waals surface area contributed by atoms with E-state index in [1.165, 1.54) is 16.7 Å². The Balaban J connectivity index is 0.000000194. The fourth-order valence-electron chi connectivity index (χ4n) is 6.58. The van der Waals surface area contributed by atoms with Gasteiger partial charge < -0.3 is 9.97 Å². The summed E-state index contributed by atoms with van der Waals surface area (Å²) in [5.74, 6) is 0. The molecule has 1 radical (unpaired) electrons. The molecule has 0 spiro atoms. The zero-order valence-electron chi connectivity index (χ0n) is 29.3. The molecule has 0 N–H and O–H groups in total. The predicted molar refractivity (Wildman–Crippen MR) is 213 cm³/mol. The Morgan fingerprint density at radius 1 is 0.491 bits per heavy atom. The number of hydrogen-bond donors (Lipinski definition) is 0. The van der Waals surface area contributed by atoms with Crippen LogP contribution < -0.4 is 0 Å². The molecule has 0 amide bonds. The van der Waals surface area contributed by atoms with Crippen molar-refractivity contribution in [2.75, 3.05) is 0 Å². The van der Waals surface area contributed by atoms with Gasteiger partial charge in [0.05, 0.1) is 11.0 Å². The summed E-state index contributed by atoms with van der Waals surface area (Å²) >= 11 is 0. The van der Waals surface area contributed by atoms with Gasteiger partial charge in [0.1, 0.15) is 0 Å². The maximum Gasteiger partial charge on any atom is 0.0791 e. The molecule has 4 heterocycles. The monoisotopic (exact) mass is 859 g/mol. The minimum absolute atomic E-state index is 0. The van der Waals surface area contributed by atoms with Crippen LogP contribution in [0, 0.1) is 26.0 Å². The van der Waals surface area contributed by atoms with Crippen LogP contribution in [-0.2, 0) is 20.1 Å². The largest absolute Gasteiger partial charge is 0.305 e. The second-order valence-electron chi connectivity index (χ2n) is 12.6. The van der Waals surface area contributed by atoms with Gasteiger partial charge in [0.15, 0.2) is 0 Å². The quantitative estimate of drug-likeness (QED) is 0.128. The van der Waals surface area contributed by atoms with Gasteiger partial charge in [-0.1, -0.05) is 109 Å². The maximum absolute atomic E-state index is 4.93. The van der Waals surface area contributed by atoms with Crippen molar-refractivity contribution in [1.29, 1.82) is 0 Å². The summed E-state index contributed by atoms with van der Waals surface area (Å²) in [7, 11) is 0. The maximum atomic E-state index is 4.93. The van der Waals surface area contributed by atoms with E-state index in [0.29, 0.717) is 0 Å². The number of aromatic nitrogens is 4. The van der Waals surface area contributed by atoms with Crippen molar-refractivity contribution in [2.24, 2.45) is 0 Å². The number of nitrogens with zero attached hydrogens (tertiary/aromatic N) is 4. The first-order chi connectivity index (χ1) is 25.6. The van der Waals surface area contributed by atoms with Crippen molar-refractivity contribution in [3.05, 3.63) is 194 Å². The molecule has 0 aliphatic rings. The SMILES string of the molecule is Cc1ccc2c(n1)c(-c1cccc(-c3cc(-c4ccccn4)[c-]cc3C)c1)cc1ncccc12.[Ir].[c-]1cccc(-c2ccccc2)c1-c1ccccn1. The van der Waals surface area contributed by atoms with Crippen LogP contribution in [0.1, 0.15) is 11.3 Å². The molecule has 0 unspecified atom stereocenters. The number of rotatable bonds is 5. The van der Waals surface area contributed by atoms with Gasteiger partial charge in [-0.3, -0.25) is 9.97 Å². The molecule has 0 fully saturated rings. The van der Waals surface area contributed by atoms with E-state index in [9.17, 15) is 0 Å². The van der Waals surface area contributed by atoms with E-state index in [2.05, 4.69) is 107 Å². The van der Waals surface area contributed by atoms with Crippen molar-refractivity contribution in [1.82, 2.24) is 19.9 Å². The van der Waals surface area contributed by atoms with Gasteiger partial charge in [-0.25, -0.2) is 0 Å². The second-order valence-corrected chi connectivity index (χ2v) is 12.6. The minimum atomic E-state index is 0. The molecule has 0 saturated heterocycles. The summed E-state index contributed by atoms with van der Waals surface area (Å²) in [6, 6.07) is 58.3. The molecule has 0 atom stereocenters. The molecule has 0 aliphatic heterocycles. The van der Waals surface area contributed by atoms with Crippen molar-refractivity contribution in [3.63, 3.8) is 0 Å². The first-order valence-corrected chi connectivity index (χ1v) is 17.3. The molecule has 5 aromatic carbocycles. The van der Waals surface area contributed by atoms with Gasteiger partial charge >= 0.3 is 0 Å². The first-order valence-electron chi connectivity index (χ1n) is 17.3. The predicted octanol–water partition coefficient (Wildman–Crippen LogP) is 11.8. The van der Waals surface area contributed by atoms with Crippen molar-refractivity contribution >= 4 is 21.8 Å². The molecule has 5 heteroatoms. The fraction of sp³-hybridized carbons (Fsp3) is 0.0417. The summed E-state index contributed by atoms with van der Waals surface area (Å²) < 4.78 is 0. The zero-order valence-corrected chi connectivity index (χ0v) is 31.7. The second kappa shape index (κ2) is 16.0. The zero-order chi connectivity index (χ0) is 35.3. The number of aryl methyl sites for hydroxylation is 2. The van der Waals surface area contributed by atoms with Gasteiger partial charge in [-0.2, -0.15) is 0 Å². The van der Waals surface area contributed by atoms with Gasteiger partial charge in [0.2, 0.25) is 0 Å². The Kier molecular flexibility index (Phi) is 10.7. The van der Waals surface area contributed by atoms with E-state index < -0.39 is 0 Å². The summed E-state index contributed by atoms with van der Waals surface area (Å²) in [6.07, 6.45) is 5.47. The Labute approximate surface area is 323 Å². The molecule has 9 aromatic rings. The summed E-state index contributed by atoms with van der Waals surface area (Å²) in [4.78, 5) is 18.5. The van der Waals surface area contributed by atoms with Crippen LogP contribution >= 0.6 is 0 Å². The molecule has 0 aliphatic carbocycles. The molecular weight excluding hydrogens is 825 g/mol. The molecular formula is C48H34IrN4-2. The Hall–Kier alpha value is -6.13. The van der Waals surface area contributed by atoms with Crippen LogP contribution in [-0.4, -0.2) is 19.9 Å². The number of hydrogen-bond acceptors (Lipinski definition) is 4. The minimum Gasteiger partial charge on any atom is -0.305 e. The van der Waals surface area contributed by atoms with Gasteiger partial charge in [-0.15, -0.1) is 59.2 Å². The van der Waals surface area contributed by atoms with Gasteiger partial charge in [0.25, 0.3) is 0 Å². The van der Waals surface area contributed by atoms with Gasteiger partial charge in [0, 0.05) is 60.7 Å². The van der Waals surface area contributed by atoms with E-state index in [-0.39, 0.29) is 20.1 Å². The third kappa shape index (κ3) is 7.59. The topological polar surface area (TPSA) is 51.6 Å². The average molecular weight is 859 g/mol. The fourth-order valence-corrected chi connectivity index (χ4v) is 6.58. The van der Waals surface area contributed by atoms with E-state index in [1.807, 2.05) is 104 Å². The summed E-state index contributed by atoms with van der Waals surface area (Å²) in [6.45, 7) is 4.16. The van der Waals surface area contributed by atoms with Crippen LogP contribution in [0.3, 0.4) is 0 Å². The molecule has 257 valence electrons. The third-order valence-electron chi connectivity index (χ3n) is 9.14. The molecule has 4 aromatic heterocycles. The van der Waals surface area contributed by atoms with Crippen molar-refractivity contribution < 1.29 is 20.1 Å². The Morgan fingerprint density at radius 2 is 1.21 bits per heavy atom. The van der Waals surface area contributed by atoms with Gasteiger partial charge in [-0.05, 0) is 65.8 Å². The summed E-state index contributed by atoms with van der Waals surface area (Å²) in [5, 5.41) is 2.25. The number of benzene rings is 5. The van der Waals surface area contributed by atoms with Crippen LogP contribution in [0.25, 0.3) is 77.7 Å². The Morgan fingerprint density at radius 3 is 1.98 bits per heavy atom. The normalized spacial score (nSPS) is 10.7. The summed E-state index contributed by atoms with van der Waals surface area (Å²) in [5.41, 5.74) is 15.0. The third-order valence-corrected chi connectivity index (χ3v) is 9.14. The van der Waals surface area contributed by atoms with Crippen LogP contribution in [0.15, 0.2) is 170 Å². The van der Waals surface area contributed by atoms with E-state index in [4.69, 9.17) is 4.98 Å². The Bertz CT molecular complexity index is 2580. The van der Waals surface area contributed by atoms with Crippen molar-refractivity contribution in [2.45, 2.75) is 13.8 Å². The molecule has 9 rings (SSSR count).